The van der Waals surface area contributed by atoms with E-state index in [2.05, 4.69) is 17.1 Å². The first kappa shape index (κ1) is 13.5. The van der Waals surface area contributed by atoms with Crippen LogP contribution in [0.3, 0.4) is 0 Å². The van der Waals surface area contributed by atoms with Gasteiger partial charge in [0.15, 0.2) is 12.4 Å². The third-order valence-electron chi connectivity index (χ3n) is 2.94. The molecule has 0 radical (unpaired) electrons. The lowest BCUT2D eigenvalue weighted by Gasteiger charge is -2.10. The summed E-state index contributed by atoms with van der Waals surface area (Å²) < 4.78 is 10.6. The van der Waals surface area contributed by atoms with Crippen molar-refractivity contribution in [2.24, 2.45) is 5.73 Å². The van der Waals surface area contributed by atoms with Gasteiger partial charge < -0.3 is 15.0 Å². The zero-order valence-electron chi connectivity index (χ0n) is 11.3. The molecule has 19 heavy (non-hydrogen) atoms. The number of ether oxygens (including phenoxy) is 1. The number of aryl methyl sites for hydroxylation is 1. The Morgan fingerprint density at radius 1 is 1.26 bits per heavy atom. The molecule has 0 aliphatic rings. The van der Waals surface area contributed by atoms with Crippen molar-refractivity contribution in [2.45, 2.75) is 39.3 Å². The molecule has 5 nitrogen and oxygen atoms in total. The zero-order valence-corrected chi connectivity index (χ0v) is 11.3. The van der Waals surface area contributed by atoms with E-state index in [1.807, 2.05) is 31.2 Å². The molecule has 2 N–H and O–H groups in total. The quantitative estimate of drug-likeness (QED) is 0.865. The van der Waals surface area contributed by atoms with Crippen molar-refractivity contribution in [2.75, 3.05) is 0 Å². The summed E-state index contributed by atoms with van der Waals surface area (Å²) in [5.74, 6) is 1.96. The summed E-state index contributed by atoms with van der Waals surface area (Å²) in [7, 11) is 0. The molecule has 0 saturated heterocycles. The summed E-state index contributed by atoms with van der Waals surface area (Å²) in [4.78, 5) is 4.18. The van der Waals surface area contributed by atoms with Crippen molar-refractivity contribution < 1.29 is 9.26 Å². The minimum Gasteiger partial charge on any atom is -0.484 e. The van der Waals surface area contributed by atoms with Gasteiger partial charge >= 0.3 is 0 Å². The van der Waals surface area contributed by atoms with E-state index < -0.39 is 0 Å². The van der Waals surface area contributed by atoms with E-state index in [1.54, 1.807) is 0 Å². The summed E-state index contributed by atoms with van der Waals surface area (Å²) >= 11 is 0. The molecule has 1 aromatic carbocycles. The highest BCUT2D eigenvalue weighted by Crippen LogP contribution is 2.18. The van der Waals surface area contributed by atoms with Crippen LogP contribution in [0.25, 0.3) is 0 Å². The molecule has 0 unspecified atom stereocenters. The van der Waals surface area contributed by atoms with E-state index in [9.17, 15) is 0 Å². The Balaban J connectivity index is 1.92. The third-order valence-corrected chi connectivity index (χ3v) is 2.94. The highest BCUT2D eigenvalue weighted by Gasteiger charge is 2.06. The molecule has 102 valence electrons. The molecule has 0 spiro atoms. The van der Waals surface area contributed by atoms with Crippen LogP contribution in [0.5, 0.6) is 5.75 Å². The molecule has 0 aliphatic carbocycles. The van der Waals surface area contributed by atoms with Crippen molar-refractivity contribution in [3.8, 4) is 5.75 Å². The number of rotatable bonds is 6. The van der Waals surface area contributed by atoms with Crippen LogP contribution in [0.15, 0.2) is 28.8 Å². The lowest BCUT2D eigenvalue weighted by Crippen LogP contribution is -2.08. The van der Waals surface area contributed by atoms with Crippen LogP contribution in [-0.2, 0) is 13.0 Å². The van der Waals surface area contributed by atoms with Crippen LogP contribution in [-0.4, -0.2) is 10.1 Å². The van der Waals surface area contributed by atoms with Crippen LogP contribution in [0.2, 0.25) is 0 Å². The SMILES string of the molecule is CCc1noc(COc2ccc([C@H](N)CC)cc2)n1. The molecule has 2 rings (SSSR count). The molecule has 1 atom stereocenters. The van der Waals surface area contributed by atoms with Crippen LogP contribution in [0, 0.1) is 0 Å². The fraction of sp³-hybridized carbons (Fsp3) is 0.429. The first-order valence-corrected chi connectivity index (χ1v) is 6.52. The molecule has 1 heterocycles. The minimum atomic E-state index is 0.0807. The maximum absolute atomic E-state index is 5.95. The number of nitrogens with zero attached hydrogens (tertiary/aromatic N) is 2. The zero-order chi connectivity index (χ0) is 13.7. The van der Waals surface area contributed by atoms with Gasteiger partial charge in [0.1, 0.15) is 5.75 Å². The number of nitrogens with two attached hydrogens (primary N) is 1. The van der Waals surface area contributed by atoms with Crippen LogP contribution < -0.4 is 10.5 Å². The van der Waals surface area contributed by atoms with Crippen LogP contribution >= 0.6 is 0 Å². The van der Waals surface area contributed by atoms with Crippen LogP contribution in [0.4, 0.5) is 0 Å². The van der Waals surface area contributed by atoms with Crippen LogP contribution in [0.1, 0.15) is 43.6 Å². The smallest absolute Gasteiger partial charge is 0.264 e. The Hall–Kier alpha value is -1.88. The maximum Gasteiger partial charge on any atom is 0.264 e. The number of hydrogen-bond acceptors (Lipinski definition) is 5. The highest BCUT2D eigenvalue weighted by molar-refractivity contribution is 5.29. The minimum absolute atomic E-state index is 0.0807. The molecular weight excluding hydrogens is 242 g/mol. The molecule has 0 saturated carbocycles. The molecule has 5 heteroatoms. The van der Waals surface area contributed by atoms with E-state index in [0.29, 0.717) is 11.7 Å². The largest absolute Gasteiger partial charge is 0.484 e. The van der Waals surface area contributed by atoms with Gasteiger partial charge in [-0.2, -0.15) is 4.98 Å². The van der Waals surface area contributed by atoms with Crippen molar-refractivity contribution in [3.63, 3.8) is 0 Å². The van der Waals surface area contributed by atoms with E-state index in [4.69, 9.17) is 15.0 Å². The summed E-state index contributed by atoms with van der Waals surface area (Å²) in [6.07, 6.45) is 1.68. The molecule has 0 bridgehead atoms. The van der Waals surface area contributed by atoms with Gasteiger partial charge in [-0.25, -0.2) is 0 Å². The van der Waals surface area contributed by atoms with Gasteiger partial charge in [0, 0.05) is 12.5 Å². The number of benzene rings is 1. The fourth-order valence-corrected chi connectivity index (χ4v) is 1.68. The van der Waals surface area contributed by atoms with Crippen molar-refractivity contribution >= 4 is 0 Å². The summed E-state index contributed by atoms with van der Waals surface area (Å²) in [6, 6.07) is 7.85. The van der Waals surface area contributed by atoms with Crippen molar-refractivity contribution in [1.82, 2.24) is 10.1 Å². The van der Waals surface area contributed by atoms with Gasteiger partial charge in [-0.3, -0.25) is 0 Å². The van der Waals surface area contributed by atoms with E-state index >= 15 is 0 Å². The molecule has 0 aliphatic heterocycles. The van der Waals surface area contributed by atoms with E-state index in [0.717, 1.165) is 24.2 Å². The van der Waals surface area contributed by atoms with Gasteiger partial charge in [-0.15, -0.1) is 0 Å². The molecule has 1 aromatic heterocycles. The maximum atomic E-state index is 5.95. The second kappa shape index (κ2) is 6.33. The lowest BCUT2D eigenvalue weighted by molar-refractivity contribution is 0.242. The molecular formula is C14H19N3O2. The monoisotopic (exact) mass is 261 g/mol. The second-order valence-electron chi connectivity index (χ2n) is 4.33. The number of hydrogen-bond donors (Lipinski definition) is 1. The first-order valence-electron chi connectivity index (χ1n) is 6.52. The third kappa shape index (κ3) is 3.54. The summed E-state index contributed by atoms with van der Waals surface area (Å²) in [5, 5.41) is 3.81. The summed E-state index contributed by atoms with van der Waals surface area (Å²) in [6.45, 7) is 4.33. The van der Waals surface area contributed by atoms with Gasteiger partial charge in [0.2, 0.25) is 0 Å². The number of aromatic nitrogens is 2. The Bertz CT molecular complexity index is 508. The van der Waals surface area contributed by atoms with E-state index in [-0.39, 0.29) is 12.6 Å². The Labute approximate surface area is 112 Å². The highest BCUT2D eigenvalue weighted by atomic mass is 16.5. The van der Waals surface area contributed by atoms with E-state index in [1.165, 1.54) is 0 Å². The normalized spacial score (nSPS) is 12.4. The predicted molar refractivity (Wildman–Crippen MR) is 71.7 cm³/mol. The lowest BCUT2D eigenvalue weighted by atomic mass is 10.1. The summed E-state index contributed by atoms with van der Waals surface area (Å²) in [5.41, 5.74) is 7.07. The van der Waals surface area contributed by atoms with Crippen molar-refractivity contribution in [3.05, 3.63) is 41.5 Å². The average molecular weight is 261 g/mol. The Kier molecular flexibility index (Phi) is 4.52. The molecule has 0 fully saturated rings. The first-order chi connectivity index (χ1) is 9.22. The predicted octanol–water partition coefficient (Wildman–Crippen LogP) is 2.62. The molecule has 0 amide bonds. The van der Waals surface area contributed by atoms with Gasteiger partial charge in [-0.1, -0.05) is 31.1 Å². The van der Waals surface area contributed by atoms with Crippen molar-refractivity contribution in [1.29, 1.82) is 0 Å². The second-order valence-corrected chi connectivity index (χ2v) is 4.33. The fourth-order valence-electron chi connectivity index (χ4n) is 1.68. The topological polar surface area (TPSA) is 74.2 Å². The van der Waals surface area contributed by atoms with Gasteiger partial charge in [0.05, 0.1) is 0 Å². The average Bonchev–Trinajstić information content (AvgIpc) is 2.93. The Morgan fingerprint density at radius 2 is 2.00 bits per heavy atom. The standard InChI is InChI=1S/C14H19N3O2/c1-3-12(15)10-5-7-11(8-6-10)18-9-14-16-13(4-2)17-19-14/h5-8,12H,3-4,9,15H2,1-2H3/t12-/m1/s1. The molecule has 2 aromatic rings. The van der Waals surface area contributed by atoms with Gasteiger partial charge in [0.25, 0.3) is 5.89 Å². The van der Waals surface area contributed by atoms with Gasteiger partial charge in [-0.05, 0) is 24.1 Å². The Morgan fingerprint density at radius 3 is 2.58 bits per heavy atom.